The third-order valence-electron chi connectivity index (χ3n) is 6.64. The molecule has 1 aromatic carbocycles. The van der Waals surface area contributed by atoms with Crippen molar-refractivity contribution in [2.75, 3.05) is 27.2 Å². The highest BCUT2D eigenvalue weighted by Gasteiger charge is 2.25. The number of nitrogens with one attached hydrogen (secondary N) is 2. The van der Waals surface area contributed by atoms with Gasteiger partial charge in [0, 0.05) is 51.1 Å². The zero-order chi connectivity index (χ0) is 25.8. The SMILES string of the molecule is COc1ccc2nc(CCNC(=O)c3cn(C4CCCC4)cc(C(=O)N(C)CC(C)C)c3=O)[nH]c2c1. The molecule has 0 spiro atoms. The van der Waals surface area contributed by atoms with Gasteiger partial charge in [0.25, 0.3) is 11.8 Å². The Bertz CT molecular complexity index is 1300. The molecular formula is C27H35N5O4. The van der Waals surface area contributed by atoms with Crippen molar-refractivity contribution in [2.24, 2.45) is 5.92 Å². The maximum absolute atomic E-state index is 13.3. The summed E-state index contributed by atoms with van der Waals surface area (Å²) in [5, 5.41) is 2.84. The number of hydrogen-bond donors (Lipinski definition) is 2. The van der Waals surface area contributed by atoms with E-state index in [2.05, 4.69) is 15.3 Å². The van der Waals surface area contributed by atoms with Gasteiger partial charge in [0.1, 0.15) is 22.7 Å². The summed E-state index contributed by atoms with van der Waals surface area (Å²) >= 11 is 0. The van der Waals surface area contributed by atoms with Crippen molar-refractivity contribution in [3.05, 3.63) is 57.8 Å². The lowest BCUT2D eigenvalue weighted by molar-refractivity contribution is 0.0776. The standard InChI is InChI=1S/C27H35N5O4/c1-17(2)14-31(3)27(35)21-16-32(18-7-5-6-8-18)15-20(25(21)33)26(34)28-12-11-24-29-22-10-9-19(36-4)13-23(22)30-24/h9-10,13,15-18H,5-8,11-12,14H2,1-4H3,(H,28,34)(H,29,30). The Balaban J connectivity index is 1.53. The maximum Gasteiger partial charge on any atom is 0.259 e. The molecule has 1 saturated carbocycles. The van der Waals surface area contributed by atoms with E-state index in [1.54, 1.807) is 31.5 Å². The van der Waals surface area contributed by atoms with Crippen LogP contribution in [0.1, 0.15) is 72.1 Å². The second-order valence-electron chi connectivity index (χ2n) is 9.95. The van der Waals surface area contributed by atoms with Crippen molar-refractivity contribution in [3.63, 3.8) is 0 Å². The molecule has 0 atom stereocenters. The minimum Gasteiger partial charge on any atom is -0.497 e. The number of aromatic amines is 1. The molecule has 0 unspecified atom stereocenters. The molecule has 1 fully saturated rings. The van der Waals surface area contributed by atoms with Crippen molar-refractivity contribution < 1.29 is 14.3 Å². The fourth-order valence-corrected chi connectivity index (χ4v) is 4.84. The Hall–Kier alpha value is -3.62. The monoisotopic (exact) mass is 493 g/mol. The molecule has 36 heavy (non-hydrogen) atoms. The minimum atomic E-state index is -0.529. The lowest BCUT2D eigenvalue weighted by Gasteiger charge is -2.22. The number of H-pyrrole nitrogens is 1. The lowest BCUT2D eigenvalue weighted by atomic mass is 10.1. The van der Waals surface area contributed by atoms with Gasteiger partial charge in [0.05, 0.1) is 18.1 Å². The smallest absolute Gasteiger partial charge is 0.259 e. The van der Waals surface area contributed by atoms with Crippen LogP contribution in [0.2, 0.25) is 0 Å². The Morgan fingerprint density at radius 1 is 1.22 bits per heavy atom. The largest absolute Gasteiger partial charge is 0.497 e. The van der Waals surface area contributed by atoms with E-state index in [0.29, 0.717) is 19.5 Å². The summed E-state index contributed by atoms with van der Waals surface area (Å²) in [5.41, 5.74) is 1.18. The van der Waals surface area contributed by atoms with Gasteiger partial charge < -0.3 is 24.5 Å². The summed E-state index contributed by atoms with van der Waals surface area (Å²) in [6.45, 7) is 4.86. The number of aromatic nitrogens is 3. The average molecular weight is 494 g/mol. The first-order chi connectivity index (χ1) is 17.3. The molecule has 0 bridgehead atoms. The molecule has 3 aromatic rings. The molecule has 9 nitrogen and oxygen atoms in total. The van der Waals surface area contributed by atoms with Crippen LogP contribution in [0.25, 0.3) is 11.0 Å². The Morgan fingerprint density at radius 3 is 2.64 bits per heavy atom. The molecule has 0 aliphatic heterocycles. The first-order valence-electron chi connectivity index (χ1n) is 12.6. The number of benzene rings is 1. The van der Waals surface area contributed by atoms with E-state index in [1.807, 2.05) is 36.6 Å². The van der Waals surface area contributed by atoms with E-state index in [9.17, 15) is 14.4 Å². The molecule has 0 saturated heterocycles. The highest BCUT2D eigenvalue weighted by Crippen LogP contribution is 2.29. The zero-order valence-electron chi connectivity index (χ0n) is 21.5. The molecule has 192 valence electrons. The van der Waals surface area contributed by atoms with Gasteiger partial charge in [-0.1, -0.05) is 26.7 Å². The number of amides is 2. The van der Waals surface area contributed by atoms with E-state index >= 15 is 0 Å². The maximum atomic E-state index is 13.3. The molecular weight excluding hydrogens is 458 g/mol. The molecule has 2 heterocycles. The van der Waals surface area contributed by atoms with Crippen LogP contribution < -0.4 is 15.5 Å². The second-order valence-corrected chi connectivity index (χ2v) is 9.95. The number of ether oxygens (including phenoxy) is 1. The van der Waals surface area contributed by atoms with Gasteiger partial charge in [-0.3, -0.25) is 14.4 Å². The number of pyridine rings is 1. The normalized spacial score (nSPS) is 13.9. The van der Waals surface area contributed by atoms with E-state index in [-0.39, 0.29) is 29.0 Å². The van der Waals surface area contributed by atoms with E-state index in [4.69, 9.17) is 4.74 Å². The second kappa shape index (κ2) is 11.0. The fraction of sp³-hybridized carbons (Fsp3) is 0.481. The van der Waals surface area contributed by atoms with Crippen LogP contribution in [-0.4, -0.2) is 58.5 Å². The molecule has 1 aliphatic rings. The summed E-state index contributed by atoms with van der Waals surface area (Å²) in [4.78, 5) is 48.8. The van der Waals surface area contributed by atoms with Crippen LogP contribution in [0.15, 0.2) is 35.4 Å². The fourth-order valence-electron chi connectivity index (χ4n) is 4.84. The van der Waals surface area contributed by atoms with Gasteiger partial charge in [-0.2, -0.15) is 0 Å². The third kappa shape index (κ3) is 5.61. The topological polar surface area (TPSA) is 109 Å². The Morgan fingerprint density at radius 2 is 1.94 bits per heavy atom. The zero-order valence-corrected chi connectivity index (χ0v) is 21.5. The summed E-state index contributed by atoms with van der Waals surface area (Å²) in [6, 6.07) is 5.77. The number of hydrogen-bond acceptors (Lipinski definition) is 5. The van der Waals surface area contributed by atoms with Crippen LogP contribution in [-0.2, 0) is 6.42 Å². The van der Waals surface area contributed by atoms with Crippen LogP contribution in [0, 0.1) is 5.92 Å². The quantitative estimate of drug-likeness (QED) is 0.474. The number of methoxy groups -OCH3 is 1. The van der Waals surface area contributed by atoms with Crippen molar-refractivity contribution >= 4 is 22.8 Å². The van der Waals surface area contributed by atoms with Crippen molar-refractivity contribution in [1.29, 1.82) is 0 Å². The predicted octanol–water partition coefficient (Wildman–Crippen LogP) is 3.55. The minimum absolute atomic E-state index is 0.0000364. The van der Waals surface area contributed by atoms with E-state index in [0.717, 1.165) is 48.3 Å². The van der Waals surface area contributed by atoms with Crippen molar-refractivity contribution in [2.45, 2.75) is 52.0 Å². The van der Waals surface area contributed by atoms with E-state index < -0.39 is 11.3 Å². The van der Waals surface area contributed by atoms with E-state index in [1.165, 1.54) is 0 Å². The third-order valence-corrected chi connectivity index (χ3v) is 6.64. The number of carbonyl (C=O) groups excluding carboxylic acids is 2. The number of fused-ring (bicyclic) bond motifs is 1. The van der Waals surface area contributed by atoms with Crippen molar-refractivity contribution in [1.82, 2.24) is 24.8 Å². The number of rotatable bonds is 9. The Kier molecular flexibility index (Phi) is 7.76. The molecule has 4 rings (SSSR count). The van der Waals surface area contributed by atoms with Crippen LogP contribution in [0.3, 0.4) is 0 Å². The van der Waals surface area contributed by atoms with Crippen LogP contribution in [0.4, 0.5) is 0 Å². The van der Waals surface area contributed by atoms with Crippen LogP contribution in [0.5, 0.6) is 5.75 Å². The van der Waals surface area contributed by atoms with Gasteiger partial charge in [-0.15, -0.1) is 0 Å². The highest BCUT2D eigenvalue weighted by atomic mass is 16.5. The molecule has 9 heteroatoms. The van der Waals surface area contributed by atoms with Gasteiger partial charge in [-0.05, 0) is 30.9 Å². The molecule has 1 aliphatic carbocycles. The summed E-state index contributed by atoms with van der Waals surface area (Å²) in [5.74, 6) is 0.888. The van der Waals surface area contributed by atoms with Gasteiger partial charge in [0.15, 0.2) is 0 Å². The van der Waals surface area contributed by atoms with Gasteiger partial charge in [-0.25, -0.2) is 4.98 Å². The highest BCUT2D eigenvalue weighted by molar-refractivity contribution is 5.99. The molecule has 0 radical (unpaired) electrons. The molecule has 2 amide bonds. The number of nitrogens with zero attached hydrogens (tertiary/aromatic N) is 3. The van der Waals surface area contributed by atoms with Crippen molar-refractivity contribution in [3.8, 4) is 5.75 Å². The van der Waals surface area contributed by atoms with Gasteiger partial charge in [0.2, 0.25) is 5.43 Å². The Labute approximate surface area is 210 Å². The summed E-state index contributed by atoms with van der Waals surface area (Å²) in [6.07, 6.45) is 7.84. The average Bonchev–Trinajstić information content (AvgIpc) is 3.52. The number of imidazole rings is 1. The summed E-state index contributed by atoms with van der Waals surface area (Å²) < 4.78 is 7.14. The van der Waals surface area contributed by atoms with Crippen LogP contribution >= 0.6 is 0 Å². The first kappa shape index (κ1) is 25.5. The lowest BCUT2D eigenvalue weighted by Crippen LogP contribution is -2.38. The molecule has 2 N–H and O–H groups in total. The number of carbonyl (C=O) groups is 2. The predicted molar refractivity (Wildman–Crippen MR) is 139 cm³/mol. The first-order valence-corrected chi connectivity index (χ1v) is 12.6. The summed E-state index contributed by atoms with van der Waals surface area (Å²) in [7, 11) is 3.30. The molecule has 2 aromatic heterocycles. The van der Waals surface area contributed by atoms with Gasteiger partial charge >= 0.3 is 0 Å².